The van der Waals surface area contributed by atoms with Gasteiger partial charge in [-0.25, -0.2) is 9.07 Å². The minimum Gasteiger partial charge on any atom is -0.508 e. The number of rotatable bonds is 2. The van der Waals surface area contributed by atoms with Crippen LogP contribution in [-0.2, 0) is 0 Å². The Labute approximate surface area is 147 Å². The van der Waals surface area contributed by atoms with Crippen LogP contribution in [0, 0.1) is 5.82 Å². The standard InChI is InChI=1S/C19H12ClFN2O2/c20-17-6-12(2-4-19(17)25)11-1-3-18-13(5-11)10-22-23(18)15-7-14(21)8-16(24)9-15/h1-10,24-25H. The van der Waals surface area contributed by atoms with E-state index in [1.165, 1.54) is 12.1 Å². The molecule has 0 bridgehead atoms. The third-order valence-electron chi connectivity index (χ3n) is 3.96. The molecule has 0 radical (unpaired) electrons. The zero-order chi connectivity index (χ0) is 17.6. The molecule has 0 fully saturated rings. The van der Waals surface area contributed by atoms with Crippen LogP contribution in [0.5, 0.6) is 11.5 Å². The molecule has 6 heteroatoms. The van der Waals surface area contributed by atoms with Gasteiger partial charge in [0, 0.05) is 17.5 Å². The largest absolute Gasteiger partial charge is 0.508 e. The lowest BCUT2D eigenvalue weighted by molar-refractivity contribution is 0.468. The quantitative estimate of drug-likeness (QED) is 0.538. The van der Waals surface area contributed by atoms with Crippen LogP contribution in [0.15, 0.2) is 60.8 Å². The SMILES string of the molecule is Oc1cc(F)cc(-n2ncc3cc(-c4ccc(O)c(Cl)c4)ccc32)c1. The van der Waals surface area contributed by atoms with Crippen molar-refractivity contribution >= 4 is 22.5 Å². The Morgan fingerprint density at radius 2 is 1.68 bits per heavy atom. The number of aromatic hydroxyl groups is 2. The van der Waals surface area contributed by atoms with Crippen LogP contribution in [0.4, 0.5) is 4.39 Å². The monoisotopic (exact) mass is 354 g/mol. The van der Waals surface area contributed by atoms with Crippen molar-refractivity contribution in [1.29, 1.82) is 0 Å². The van der Waals surface area contributed by atoms with Gasteiger partial charge in [0.15, 0.2) is 0 Å². The summed E-state index contributed by atoms with van der Waals surface area (Å²) in [5.41, 5.74) is 2.99. The van der Waals surface area contributed by atoms with Crippen LogP contribution in [0.1, 0.15) is 0 Å². The van der Waals surface area contributed by atoms with Crippen LogP contribution in [0.3, 0.4) is 0 Å². The van der Waals surface area contributed by atoms with Crippen molar-refractivity contribution in [2.24, 2.45) is 0 Å². The molecule has 3 aromatic carbocycles. The van der Waals surface area contributed by atoms with E-state index in [1.807, 2.05) is 18.2 Å². The third kappa shape index (κ3) is 2.79. The summed E-state index contributed by atoms with van der Waals surface area (Å²) in [4.78, 5) is 0. The van der Waals surface area contributed by atoms with Crippen molar-refractivity contribution in [1.82, 2.24) is 9.78 Å². The zero-order valence-electron chi connectivity index (χ0n) is 12.8. The molecule has 0 saturated heterocycles. The van der Waals surface area contributed by atoms with Gasteiger partial charge in [0.2, 0.25) is 0 Å². The smallest absolute Gasteiger partial charge is 0.134 e. The summed E-state index contributed by atoms with van der Waals surface area (Å²) in [7, 11) is 0. The van der Waals surface area contributed by atoms with Gasteiger partial charge in [-0.05, 0) is 41.5 Å². The van der Waals surface area contributed by atoms with Gasteiger partial charge < -0.3 is 10.2 Å². The maximum absolute atomic E-state index is 13.5. The van der Waals surface area contributed by atoms with Crippen molar-refractivity contribution < 1.29 is 14.6 Å². The summed E-state index contributed by atoms with van der Waals surface area (Å²) >= 11 is 5.97. The van der Waals surface area contributed by atoms with E-state index in [9.17, 15) is 14.6 Å². The molecule has 0 aliphatic heterocycles. The van der Waals surface area contributed by atoms with Crippen LogP contribution in [0.25, 0.3) is 27.7 Å². The van der Waals surface area contributed by atoms with E-state index >= 15 is 0 Å². The predicted molar refractivity (Wildman–Crippen MR) is 94.8 cm³/mol. The first-order valence-electron chi connectivity index (χ1n) is 7.48. The molecule has 1 aromatic heterocycles. The molecule has 0 amide bonds. The molecule has 1 heterocycles. The van der Waals surface area contributed by atoms with Gasteiger partial charge >= 0.3 is 0 Å². The predicted octanol–water partition coefficient (Wildman–Crippen LogP) is 4.90. The summed E-state index contributed by atoms with van der Waals surface area (Å²) in [5.74, 6) is -0.659. The summed E-state index contributed by atoms with van der Waals surface area (Å²) in [6.45, 7) is 0. The molecule has 4 nitrogen and oxygen atoms in total. The number of hydrogen-bond donors (Lipinski definition) is 2. The topological polar surface area (TPSA) is 58.3 Å². The summed E-state index contributed by atoms with van der Waals surface area (Å²) < 4.78 is 15.1. The van der Waals surface area contributed by atoms with Gasteiger partial charge in [-0.3, -0.25) is 0 Å². The maximum atomic E-state index is 13.5. The van der Waals surface area contributed by atoms with Crippen molar-refractivity contribution in [3.63, 3.8) is 0 Å². The van der Waals surface area contributed by atoms with Crippen molar-refractivity contribution in [2.45, 2.75) is 0 Å². The Morgan fingerprint density at radius 3 is 2.44 bits per heavy atom. The van der Waals surface area contributed by atoms with Gasteiger partial charge in [0.05, 0.1) is 22.4 Å². The summed E-state index contributed by atoms with van der Waals surface area (Å²) in [6, 6.07) is 14.5. The number of nitrogens with zero attached hydrogens (tertiary/aromatic N) is 2. The van der Waals surface area contributed by atoms with Crippen LogP contribution >= 0.6 is 11.6 Å². The van der Waals surface area contributed by atoms with Crippen LogP contribution < -0.4 is 0 Å². The first-order valence-corrected chi connectivity index (χ1v) is 7.86. The fraction of sp³-hybridized carbons (Fsp3) is 0. The Balaban J connectivity index is 1.82. The average Bonchev–Trinajstić information content (AvgIpc) is 2.99. The van der Waals surface area contributed by atoms with E-state index in [-0.39, 0.29) is 16.5 Å². The molecular weight excluding hydrogens is 343 g/mol. The first kappa shape index (κ1) is 15.5. The van der Waals surface area contributed by atoms with Gasteiger partial charge in [-0.15, -0.1) is 0 Å². The van der Waals surface area contributed by atoms with Crippen molar-refractivity contribution in [2.75, 3.05) is 0 Å². The fourth-order valence-corrected chi connectivity index (χ4v) is 2.97. The molecular formula is C19H12ClFN2O2. The van der Waals surface area contributed by atoms with E-state index in [1.54, 1.807) is 29.1 Å². The third-order valence-corrected chi connectivity index (χ3v) is 4.26. The molecule has 4 rings (SSSR count). The highest BCUT2D eigenvalue weighted by Crippen LogP contribution is 2.31. The summed E-state index contributed by atoms with van der Waals surface area (Å²) in [6.07, 6.45) is 1.67. The number of benzene rings is 3. The lowest BCUT2D eigenvalue weighted by Gasteiger charge is -2.07. The molecule has 25 heavy (non-hydrogen) atoms. The molecule has 0 atom stereocenters. The second kappa shape index (κ2) is 5.79. The molecule has 0 aliphatic carbocycles. The van der Waals surface area contributed by atoms with Crippen molar-refractivity contribution in [3.05, 3.63) is 71.6 Å². The van der Waals surface area contributed by atoms with Crippen LogP contribution in [0.2, 0.25) is 5.02 Å². The number of hydrogen-bond acceptors (Lipinski definition) is 3. The Morgan fingerprint density at radius 1 is 0.920 bits per heavy atom. The lowest BCUT2D eigenvalue weighted by Crippen LogP contribution is -1.96. The van der Waals surface area contributed by atoms with E-state index in [2.05, 4.69) is 5.10 Å². The number of fused-ring (bicyclic) bond motifs is 1. The minimum absolute atomic E-state index is 0.0326. The van der Waals surface area contributed by atoms with E-state index < -0.39 is 5.82 Å². The molecule has 4 aromatic rings. The molecule has 0 unspecified atom stereocenters. The van der Waals surface area contributed by atoms with E-state index in [0.29, 0.717) is 5.69 Å². The fourth-order valence-electron chi connectivity index (χ4n) is 2.79. The molecule has 124 valence electrons. The minimum atomic E-state index is -0.533. The van der Waals surface area contributed by atoms with Gasteiger partial charge in [0.25, 0.3) is 0 Å². The second-order valence-electron chi connectivity index (χ2n) is 5.66. The van der Waals surface area contributed by atoms with E-state index in [0.717, 1.165) is 28.1 Å². The number of phenols is 2. The van der Waals surface area contributed by atoms with Crippen molar-refractivity contribution in [3.8, 4) is 28.3 Å². The van der Waals surface area contributed by atoms with E-state index in [4.69, 9.17) is 11.6 Å². The maximum Gasteiger partial charge on any atom is 0.134 e. The van der Waals surface area contributed by atoms with Crippen LogP contribution in [-0.4, -0.2) is 20.0 Å². The first-order chi connectivity index (χ1) is 12.0. The Hall–Kier alpha value is -3.05. The molecule has 0 aliphatic rings. The average molecular weight is 355 g/mol. The number of phenolic OH excluding ortho intramolecular Hbond substituents is 2. The summed E-state index contributed by atoms with van der Waals surface area (Å²) in [5, 5.41) is 24.6. The second-order valence-corrected chi connectivity index (χ2v) is 6.07. The van der Waals surface area contributed by atoms with Gasteiger partial charge in [-0.1, -0.05) is 23.7 Å². The lowest BCUT2D eigenvalue weighted by atomic mass is 10.0. The number of aromatic nitrogens is 2. The number of halogens is 2. The Kier molecular flexibility index (Phi) is 3.58. The zero-order valence-corrected chi connectivity index (χ0v) is 13.6. The highest BCUT2D eigenvalue weighted by atomic mass is 35.5. The highest BCUT2D eigenvalue weighted by molar-refractivity contribution is 6.32. The Bertz CT molecular complexity index is 1090. The van der Waals surface area contributed by atoms with Gasteiger partial charge in [-0.2, -0.15) is 5.10 Å². The van der Waals surface area contributed by atoms with Gasteiger partial charge in [0.1, 0.15) is 17.3 Å². The highest BCUT2D eigenvalue weighted by Gasteiger charge is 2.10. The normalized spacial score (nSPS) is 11.1. The molecule has 0 spiro atoms. The molecule has 0 saturated carbocycles. The molecule has 2 N–H and O–H groups in total.